The van der Waals surface area contributed by atoms with Gasteiger partial charge in [-0.2, -0.15) is 0 Å². The van der Waals surface area contributed by atoms with Crippen molar-refractivity contribution >= 4 is 17.5 Å². The fraction of sp³-hybridized carbons (Fsp3) is 0.526. The van der Waals surface area contributed by atoms with Crippen LogP contribution in [0.1, 0.15) is 37.2 Å². The number of nitrogens with one attached hydrogen (secondary N) is 2. The van der Waals surface area contributed by atoms with E-state index in [9.17, 15) is 9.59 Å². The summed E-state index contributed by atoms with van der Waals surface area (Å²) in [5, 5.41) is 5.87. The van der Waals surface area contributed by atoms with E-state index in [1.807, 2.05) is 6.07 Å². The molecule has 7 heteroatoms. The normalized spacial score (nSPS) is 23.1. The van der Waals surface area contributed by atoms with Crippen LogP contribution in [0.15, 0.2) is 18.2 Å². The van der Waals surface area contributed by atoms with Crippen molar-refractivity contribution < 1.29 is 83.2 Å². The summed E-state index contributed by atoms with van der Waals surface area (Å²) in [5.74, 6) is 1.07. The van der Waals surface area contributed by atoms with Crippen molar-refractivity contribution in [1.82, 2.24) is 10.6 Å². The molecule has 2 fully saturated rings. The zero-order valence-electron chi connectivity index (χ0n) is 15.7. The first-order chi connectivity index (χ1) is 11.7. The van der Waals surface area contributed by atoms with Crippen LogP contribution in [0.25, 0.3) is 0 Å². The average molecular weight is 477 g/mol. The molecule has 1 atom stereocenters. The van der Waals surface area contributed by atoms with Gasteiger partial charge in [0.2, 0.25) is 11.8 Å². The van der Waals surface area contributed by atoms with E-state index in [1.54, 1.807) is 0 Å². The number of rotatable bonds is 2. The zero-order chi connectivity index (χ0) is 16.5. The number of hydrogen-bond donors (Lipinski definition) is 2. The quantitative estimate of drug-likeness (QED) is 0.406. The predicted octanol–water partition coefficient (Wildman–Crippen LogP) is -1.39. The minimum Gasteiger partial charge on any atom is -0.489 e. The molecule has 0 bridgehead atoms. The molecule has 0 aromatic heterocycles. The van der Waals surface area contributed by atoms with Gasteiger partial charge in [-0.1, -0.05) is 12.1 Å². The van der Waals surface area contributed by atoms with Crippen LogP contribution >= 0.6 is 0 Å². The van der Waals surface area contributed by atoms with Gasteiger partial charge >= 0.3 is 68.9 Å². The van der Waals surface area contributed by atoms with Crippen molar-refractivity contribution in [3.63, 3.8) is 0 Å². The molecular formula is C19H26CsN3O3. The van der Waals surface area contributed by atoms with Gasteiger partial charge in [-0.15, -0.1) is 0 Å². The average Bonchev–Trinajstić information content (AvgIpc) is 2.62. The second kappa shape index (κ2) is 9.95. The first-order valence-electron chi connectivity index (χ1n) is 8.81. The molecule has 0 spiro atoms. The molecule has 0 aliphatic carbocycles. The molecule has 3 aliphatic rings. The summed E-state index contributed by atoms with van der Waals surface area (Å²) < 4.78 is 6.02. The maximum Gasteiger partial charge on any atom is 1.00 e. The monoisotopic (exact) mass is 477 g/mol. The third-order valence-corrected chi connectivity index (χ3v) is 5.28. The molecule has 1 aromatic carbocycles. The Morgan fingerprint density at radius 2 is 1.88 bits per heavy atom. The van der Waals surface area contributed by atoms with Gasteiger partial charge in [-0.25, -0.2) is 0 Å². The molecule has 0 saturated carbocycles. The van der Waals surface area contributed by atoms with Gasteiger partial charge < -0.3 is 22.4 Å². The number of imide groups is 1. The minimum absolute atomic E-state index is 0. The second-order valence-electron chi connectivity index (χ2n) is 6.73. The number of fused-ring (bicyclic) bond motifs is 1. The van der Waals surface area contributed by atoms with Crippen molar-refractivity contribution in [1.29, 1.82) is 0 Å². The Bertz CT molecular complexity index is 661. The first-order valence-corrected chi connectivity index (χ1v) is 8.81. The van der Waals surface area contributed by atoms with E-state index in [1.165, 1.54) is 5.56 Å². The summed E-state index contributed by atoms with van der Waals surface area (Å²) in [5.41, 5.74) is 2.25. The van der Waals surface area contributed by atoms with Gasteiger partial charge in [0.25, 0.3) is 0 Å². The minimum atomic E-state index is -0.284. The smallest absolute Gasteiger partial charge is 0.489 e. The molecule has 4 rings (SSSR count). The summed E-state index contributed by atoms with van der Waals surface area (Å²) in [6.45, 7) is 3.32. The number of carbonyl (C=O) groups is 2. The van der Waals surface area contributed by atoms with Gasteiger partial charge in [-0.05, 0) is 49.9 Å². The Morgan fingerprint density at radius 3 is 2.62 bits per heavy atom. The van der Waals surface area contributed by atoms with E-state index in [0.29, 0.717) is 31.9 Å². The molecule has 3 aliphatic heterocycles. The Kier molecular flexibility index (Phi) is 8.52. The maximum atomic E-state index is 12.3. The Balaban J connectivity index is 0.00000121. The largest absolute Gasteiger partial charge is 1.00 e. The third kappa shape index (κ3) is 4.51. The standard InChI is InChI=1S/C18H23N3O3.CH3.Cs/c22-16-5-4-15(18(23)20-16)21-10-11-24-17-13(2-1-3-14(17)21)12-6-8-19-9-7-12;;/h1-3,12,15,19H,4-11H2,(H,20,22,23);1H3;/q;-1;+1. The van der Waals surface area contributed by atoms with Gasteiger partial charge in [0, 0.05) is 6.42 Å². The van der Waals surface area contributed by atoms with Gasteiger partial charge in [-0.3, -0.25) is 14.9 Å². The van der Waals surface area contributed by atoms with Crippen LogP contribution in [-0.2, 0) is 9.59 Å². The van der Waals surface area contributed by atoms with Crippen molar-refractivity contribution in [2.45, 2.75) is 37.6 Å². The van der Waals surface area contributed by atoms with Gasteiger partial charge in [0.05, 0.1) is 12.2 Å². The van der Waals surface area contributed by atoms with Crippen molar-refractivity contribution in [2.75, 3.05) is 31.1 Å². The van der Waals surface area contributed by atoms with Crippen molar-refractivity contribution in [3.8, 4) is 5.75 Å². The van der Waals surface area contributed by atoms with Crippen LogP contribution in [0.5, 0.6) is 5.75 Å². The number of benzene rings is 1. The molecule has 2 saturated heterocycles. The SMILES string of the molecule is O=C1CCC(N2CCOc3c(C4CCNCC4)cccc32)C(=O)N1.[CH3-].[Cs+]. The van der Waals surface area contributed by atoms with Crippen LogP contribution < -0.4 is 89.2 Å². The van der Waals surface area contributed by atoms with Gasteiger partial charge in [0.1, 0.15) is 18.4 Å². The van der Waals surface area contributed by atoms with E-state index in [4.69, 9.17) is 4.74 Å². The second-order valence-corrected chi connectivity index (χ2v) is 6.73. The van der Waals surface area contributed by atoms with Gasteiger partial charge in [0.15, 0.2) is 0 Å². The molecule has 6 nitrogen and oxygen atoms in total. The third-order valence-electron chi connectivity index (χ3n) is 5.28. The van der Waals surface area contributed by atoms with Crippen molar-refractivity contribution in [3.05, 3.63) is 31.2 Å². The molecule has 0 radical (unpaired) electrons. The number of piperidine rings is 2. The fourth-order valence-electron chi connectivity index (χ4n) is 4.05. The summed E-state index contributed by atoms with van der Waals surface area (Å²) in [7, 11) is 0. The van der Waals surface area contributed by atoms with Crippen LogP contribution in [0.3, 0.4) is 0 Å². The number of ether oxygens (including phenoxy) is 1. The van der Waals surface area contributed by atoms with Crippen LogP contribution in [0.2, 0.25) is 0 Å². The summed E-state index contributed by atoms with van der Waals surface area (Å²) >= 11 is 0. The van der Waals surface area contributed by atoms with E-state index in [2.05, 4.69) is 27.7 Å². The molecular weight excluding hydrogens is 451 g/mol. The topological polar surface area (TPSA) is 70.7 Å². The Labute approximate surface area is 214 Å². The maximum absolute atomic E-state index is 12.3. The van der Waals surface area contributed by atoms with E-state index < -0.39 is 0 Å². The first kappa shape index (κ1) is 22.3. The number of anilines is 1. The number of hydrogen-bond acceptors (Lipinski definition) is 5. The molecule has 2 amide bonds. The zero-order valence-corrected chi connectivity index (χ0v) is 22.0. The Hall–Kier alpha value is -0.0281. The summed E-state index contributed by atoms with van der Waals surface area (Å²) in [4.78, 5) is 25.8. The van der Waals surface area contributed by atoms with E-state index in [0.717, 1.165) is 37.4 Å². The van der Waals surface area contributed by atoms with E-state index in [-0.39, 0.29) is 94.2 Å². The van der Waals surface area contributed by atoms with Crippen LogP contribution in [0, 0.1) is 7.43 Å². The number of amides is 2. The molecule has 3 heterocycles. The number of carbonyl (C=O) groups excluding carboxylic acids is 2. The van der Waals surface area contributed by atoms with Crippen molar-refractivity contribution in [2.24, 2.45) is 0 Å². The van der Waals surface area contributed by atoms with Crippen LogP contribution in [-0.4, -0.2) is 44.1 Å². The Morgan fingerprint density at radius 1 is 1.12 bits per heavy atom. The summed E-state index contributed by atoms with van der Waals surface area (Å²) in [6.07, 6.45) is 3.19. The predicted molar refractivity (Wildman–Crippen MR) is 96.7 cm³/mol. The number of nitrogens with zero attached hydrogens (tertiary/aromatic N) is 1. The molecule has 1 aromatic rings. The molecule has 1 unspecified atom stereocenters. The molecule has 26 heavy (non-hydrogen) atoms. The van der Waals surface area contributed by atoms with Crippen LogP contribution in [0.4, 0.5) is 5.69 Å². The molecule has 2 N–H and O–H groups in total. The molecule has 136 valence electrons. The summed E-state index contributed by atoms with van der Waals surface area (Å²) in [6, 6.07) is 5.96. The fourth-order valence-corrected chi connectivity index (χ4v) is 4.05. The number of para-hydroxylation sites is 1. The van der Waals surface area contributed by atoms with E-state index >= 15 is 0 Å².